The second-order valence-corrected chi connectivity index (χ2v) is 9.37. The van der Waals surface area contributed by atoms with E-state index in [1.165, 1.54) is 32.1 Å². The van der Waals surface area contributed by atoms with Gasteiger partial charge in [0.05, 0.1) is 21.7 Å². The smallest absolute Gasteiger partial charge is 0.371 e. The fraction of sp³-hybridized carbons (Fsp3) is 0.480. The fourth-order valence-corrected chi connectivity index (χ4v) is 4.63. The van der Waals surface area contributed by atoms with E-state index in [0.717, 1.165) is 17.3 Å². The predicted octanol–water partition coefficient (Wildman–Crippen LogP) is 5.71. The van der Waals surface area contributed by atoms with E-state index >= 15 is 0 Å². The Hall–Kier alpha value is -3.04. The molecule has 0 amide bonds. The molecule has 4 aromatic rings. The molecule has 0 aliphatic heterocycles. The molecular weight excluding hydrogens is 468 g/mol. The van der Waals surface area contributed by atoms with Crippen molar-refractivity contribution >= 4 is 22.6 Å². The zero-order valence-corrected chi connectivity index (χ0v) is 21.3. The van der Waals surface area contributed by atoms with Crippen LogP contribution in [-0.4, -0.2) is 36.3 Å². The van der Waals surface area contributed by atoms with E-state index in [4.69, 9.17) is 21.3 Å². The Morgan fingerprint density at radius 2 is 2.00 bits per heavy atom. The van der Waals surface area contributed by atoms with Crippen molar-refractivity contribution in [1.82, 2.24) is 29.7 Å². The largest absolute Gasteiger partial charge is 0.439 e. The Morgan fingerprint density at radius 1 is 1.23 bits per heavy atom. The normalized spacial score (nSPS) is 15.1. The number of aromatic amines is 1. The summed E-state index contributed by atoms with van der Waals surface area (Å²) in [6.45, 7) is 6.80. The summed E-state index contributed by atoms with van der Waals surface area (Å²) >= 11 is 6.14. The van der Waals surface area contributed by atoms with Crippen LogP contribution in [0.3, 0.4) is 0 Å². The summed E-state index contributed by atoms with van der Waals surface area (Å²) in [4.78, 5) is 27.5. The second-order valence-electron chi connectivity index (χ2n) is 8.93. The van der Waals surface area contributed by atoms with Crippen LogP contribution >= 0.6 is 11.6 Å². The molecule has 0 aromatic carbocycles. The monoisotopic (exact) mass is 498 g/mol. The molecule has 0 radical (unpaired) electrons. The molecular formula is C25H31ClN6O3. The molecule has 1 unspecified atom stereocenters. The number of halogens is 1. The molecule has 4 aromatic heterocycles. The van der Waals surface area contributed by atoms with Gasteiger partial charge in [-0.25, -0.2) is 14.8 Å². The highest BCUT2D eigenvalue weighted by molar-refractivity contribution is 6.30. The van der Waals surface area contributed by atoms with Crippen LogP contribution in [0, 0.1) is 5.92 Å². The minimum absolute atomic E-state index is 0.206. The van der Waals surface area contributed by atoms with Crippen LogP contribution in [0.25, 0.3) is 33.8 Å². The maximum Gasteiger partial charge on any atom is 0.439 e. The zero-order chi connectivity index (χ0) is 24.9. The molecule has 0 bridgehead atoms. The van der Waals surface area contributed by atoms with Gasteiger partial charge < -0.3 is 9.30 Å². The van der Waals surface area contributed by atoms with Crippen molar-refractivity contribution < 1.29 is 9.26 Å². The molecule has 0 saturated heterocycles. The third-order valence-electron chi connectivity index (χ3n) is 6.22. The average molecular weight is 499 g/mol. The van der Waals surface area contributed by atoms with Crippen molar-refractivity contribution in [2.75, 3.05) is 6.61 Å². The van der Waals surface area contributed by atoms with E-state index in [2.05, 4.69) is 31.6 Å². The first-order chi connectivity index (χ1) is 16.9. The van der Waals surface area contributed by atoms with Gasteiger partial charge in [0, 0.05) is 31.6 Å². The van der Waals surface area contributed by atoms with Gasteiger partial charge >= 0.3 is 5.76 Å². The Balaban J connectivity index is 0.000000356. The SMILES string of the molecule is CC1CCCCC1.CCOC(C)c1nc2cc(-c3noc(=O)[nH]3)nc(-c3cncc(Cl)c3)c2n1C. The summed E-state index contributed by atoms with van der Waals surface area (Å²) in [7, 11) is 1.90. The standard InChI is InChI=1S/C18H17ClN6O3.C7H14/c1-4-27-9(2)17-22-12-6-13(16-23-18(26)28-24-16)21-14(15(12)25(17)3)10-5-11(19)8-20-7-10;1-7-5-3-2-4-6-7/h5-9H,4H2,1-3H3,(H,23,24,26);7H,2-6H2,1H3. The molecule has 1 fully saturated rings. The molecule has 10 heteroatoms. The van der Waals surface area contributed by atoms with E-state index in [0.29, 0.717) is 34.1 Å². The maximum absolute atomic E-state index is 11.4. The Bertz CT molecular complexity index is 1340. The van der Waals surface area contributed by atoms with Crippen molar-refractivity contribution in [1.29, 1.82) is 0 Å². The Kier molecular flexibility index (Phi) is 7.97. The number of pyridine rings is 2. The number of fused-ring (bicyclic) bond motifs is 1. The van der Waals surface area contributed by atoms with Crippen LogP contribution in [-0.2, 0) is 11.8 Å². The summed E-state index contributed by atoms with van der Waals surface area (Å²) in [5.74, 6) is 1.34. The minimum Gasteiger partial charge on any atom is -0.371 e. The zero-order valence-electron chi connectivity index (χ0n) is 20.5. The molecule has 5 rings (SSSR count). The number of ether oxygens (including phenoxy) is 1. The first-order valence-electron chi connectivity index (χ1n) is 12.0. The lowest BCUT2D eigenvalue weighted by molar-refractivity contribution is 0.0685. The molecule has 4 heterocycles. The van der Waals surface area contributed by atoms with Crippen molar-refractivity contribution in [2.24, 2.45) is 13.0 Å². The third kappa shape index (κ3) is 5.79. The van der Waals surface area contributed by atoms with Crippen molar-refractivity contribution in [3.05, 3.63) is 45.9 Å². The summed E-state index contributed by atoms with van der Waals surface area (Å²) in [5, 5.41) is 4.22. The summed E-state index contributed by atoms with van der Waals surface area (Å²) in [6, 6.07) is 3.51. The van der Waals surface area contributed by atoms with Gasteiger partial charge in [-0.3, -0.25) is 14.5 Å². The number of hydrogen-bond acceptors (Lipinski definition) is 7. The lowest BCUT2D eigenvalue weighted by Gasteiger charge is -2.15. The van der Waals surface area contributed by atoms with Crippen molar-refractivity contribution in [3.63, 3.8) is 0 Å². The van der Waals surface area contributed by atoms with E-state index < -0.39 is 5.76 Å². The van der Waals surface area contributed by atoms with Gasteiger partial charge in [-0.15, -0.1) is 0 Å². The molecule has 1 aliphatic rings. The first kappa shape index (κ1) is 25.1. The summed E-state index contributed by atoms with van der Waals surface area (Å²) in [6.07, 6.45) is 10.4. The Labute approximate surface area is 208 Å². The van der Waals surface area contributed by atoms with Gasteiger partial charge in [0.2, 0.25) is 5.82 Å². The molecule has 1 N–H and O–H groups in total. The number of aromatic nitrogens is 6. The van der Waals surface area contributed by atoms with E-state index in [9.17, 15) is 4.79 Å². The van der Waals surface area contributed by atoms with Crippen LogP contribution in [0.15, 0.2) is 33.8 Å². The predicted molar refractivity (Wildman–Crippen MR) is 135 cm³/mol. The molecule has 1 saturated carbocycles. The highest BCUT2D eigenvalue weighted by atomic mass is 35.5. The van der Waals surface area contributed by atoms with E-state index in [1.54, 1.807) is 24.5 Å². The molecule has 186 valence electrons. The van der Waals surface area contributed by atoms with Crippen LogP contribution in [0.5, 0.6) is 0 Å². The number of nitrogens with zero attached hydrogens (tertiary/aromatic N) is 5. The molecule has 1 aliphatic carbocycles. The van der Waals surface area contributed by atoms with Crippen LogP contribution in [0.4, 0.5) is 0 Å². The first-order valence-corrected chi connectivity index (χ1v) is 12.4. The van der Waals surface area contributed by atoms with Gasteiger partial charge in [-0.1, -0.05) is 55.8 Å². The number of aryl methyl sites for hydroxylation is 1. The molecule has 1 atom stereocenters. The number of nitrogens with one attached hydrogen (secondary N) is 1. The molecule has 9 nitrogen and oxygen atoms in total. The van der Waals surface area contributed by atoms with Gasteiger partial charge in [0.1, 0.15) is 17.6 Å². The maximum atomic E-state index is 11.4. The van der Waals surface area contributed by atoms with Crippen LogP contribution in [0.2, 0.25) is 5.02 Å². The van der Waals surface area contributed by atoms with Crippen LogP contribution < -0.4 is 5.76 Å². The third-order valence-corrected chi connectivity index (χ3v) is 6.43. The van der Waals surface area contributed by atoms with Crippen molar-refractivity contribution in [3.8, 4) is 22.8 Å². The van der Waals surface area contributed by atoms with Crippen molar-refractivity contribution in [2.45, 2.75) is 59.0 Å². The van der Waals surface area contributed by atoms with E-state index in [1.807, 2.05) is 25.5 Å². The lowest BCUT2D eigenvalue weighted by atomic mass is 9.91. The second kappa shape index (κ2) is 11.1. The quantitative estimate of drug-likeness (QED) is 0.375. The molecule has 0 spiro atoms. The summed E-state index contributed by atoms with van der Waals surface area (Å²) < 4.78 is 12.3. The minimum atomic E-state index is -0.658. The summed E-state index contributed by atoms with van der Waals surface area (Å²) in [5.41, 5.74) is 3.20. The lowest BCUT2D eigenvalue weighted by Crippen LogP contribution is -2.07. The number of imidazole rings is 1. The number of H-pyrrole nitrogens is 1. The fourth-order valence-electron chi connectivity index (χ4n) is 4.45. The highest BCUT2D eigenvalue weighted by Crippen LogP contribution is 2.32. The Morgan fingerprint density at radius 3 is 2.60 bits per heavy atom. The van der Waals surface area contributed by atoms with Crippen LogP contribution in [0.1, 0.15) is 64.8 Å². The van der Waals surface area contributed by atoms with Gasteiger partial charge in [-0.2, -0.15) is 0 Å². The highest BCUT2D eigenvalue weighted by Gasteiger charge is 2.21. The number of hydrogen-bond donors (Lipinski definition) is 1. The average Bonchev–Trinajstić information content (AvgIpc) is 3.43. The van der Waals surface area contributed by atoms with Gasteiger partial charge in [0.15, 0.2) is 0 Å². The van der Waals surface area contributed by atoms with Gasteiger partial charge in [0.25, 0.3) is 0 Å². The van der Waals surface area contributed by atoms with E-state index in [-0.39, 0.29) is 11.9 Å². The number of rotatable bonds is 5. The topological polar surface area (TPSA) is 112 Å². The van der Waals surface area contributed by atoms with Gasteiger partial charge in [-0.05, 0) is 31.9 Å². The molecule has 35 heavy (non-hydrogen) atoms.